The van der Waals surface area contributed by atoms with Gasteiger partial charge in [-0.15, -0.1) is 4.74 Å². The molecule has 0 saturated carbocycles. The van der Waals surface area contributed by atoms with Gasteiger partial charge < -0.3 is 4.52 Å². The second-order valence-electron chi connectivity index (χ2n) is 11.8. The number of aromatic nitrogens is 1. The molecule has 0 bridgehead atoms. The number of nitro groups is 1. The van der Waals surface area contributed by atoms with Gasteiger partial charge in [0, 0.05) is 24.7 Å². The van der Waals surface area contributed by atoms with Gasteiger partial charge in [0.15, 0.2) is 11.4 Å². The second kappa shape index (κ2) is 19.3. The van der Waals surface area contributed by atoms with Crippen molar-refractivity contribution >= 4 is 15.7 Å². The lowest BCUT2D eigenvalue weighted by Crippen LogP contribution is -2.32. The molecule has 10 heteroatoms. The molecule has 9 nitrogen and oxygen atoms in total. The maximum absolute atomic E-state index is 13.4. The minimum Gasteiger partial charge on any atom is -0.371 e. The van der Waals surface area contributed by atoms with Gasteiger partial charge in [0.25, 0.3) is 11.2 Å². The first-order valence-corrected chi connectivity index (χ1v) is 18.3. The molecular weight excluding hydrogens is 590 g/mol. The Morgan fingerprint density at radius 2 is 1.29 bits per heavy atom. The predicted octanol–water partition coefficient (Wildman–Crippen LogP) is 9.28. The van der Waals surface area contributed by atoms with Crippen LogP contribution in [-0.4, -0.2) is 35.5 Å². The van der Waals surface area contributed by atoms with Gasteiger partial charge in [-0.25, -0.2) is 8.42 Å². The molecule has 0 saturated heterocycles. The second-order valence-corrected chi connectivity index (χ2v) is 13.7. The smallest absolute Gasteiger partial charge is 0.297 e. The summed E-state index contributed by atoms with van der Waals surface area (Å²) >= 11 is 0. The molecule has 1 aromatic heterocycles. The molecule has 248 valence electrons. The zero-order valence-electron chi connectivity index (χ0n) is 27.1. The van der Waals surface area contributed by atoms with Crippen LogP contribution in [0.4, 0.5) is 5.69 Å². The van der Waals surface area contributed by atoms with Crippen LogP contribution in [0.15, 0.2) is 68.8 Å². The van der Waals surface area contributed by atoms with Crippen molar-refractivity contribution < 1.29 is 17.9 Å². The molecule has 0 spiro atoms. The third kappa shape index (κ3) is 11.3. The highest BCUT2D eigenvalue weighted by Crippen LogP contribution is 2.29. The van der Waals surface area contributed by atoms with Crippen LogP contribution in [-0.2, 0) is 10.0 Å². The molecule has 0 atom stereocenters. The highest BCUT2D eigenvalue weighted by atomic mass is 32.2. The van der Waals surface area contributed by atoms with E-state index in [1.165, 1.54) is 99.6 Å². The third-order valence-corrected chi connectivity index (χ3v) is 10.3. The Balaban J connectivity index is 1.46. The normalized spacial score (nSPS) is 11.8. The van der Waals surface area contributed by atoms with E-state index in [9.17, 15) is 23.3 Å². The molecule has 2 aromatic carbocycles. The molecule has 1 heterocycles. The number of rotatable bonds is 23. The van der Waals surface area contributed by atoms with E-state index < -0.39 is 26.2 Å². The van der Waals surface area contributed by atoms with E-state index in [1.807, 2.05) is 6.07 Å². The highest BCUT2D eigenvalue weighted by molar-refractivity contribution is 7.89. The van der Waals surface area contributed by atoms with Gasteiger partial charge in [0.2, 0.25) is 10.0 Å². The molecular formula is C35H51N3O6S. The predicted molar refractivity (Wildman–Crippen MR) is 180 cm³/mol. The Bertz CT molecular complexity index is 1470. The third-order valence-electron chi connectivity index (χ3n) is 8.32. The largest absolute Gasteiger partial charge is 0.371 e. The zero-order chi connectivity index (χ0) is 32.5. The number of unbranched alkanes of at least 4 members (excludes halogenated alkanes) is 15. The first-order chi connectivity index (χ1) is 21.8. The highest BCUT2D eigenvalue weighted by Gasteiger charge is 2.28. The van der Waals surface area contributed by atoms with E-state index in [-0.39, 0.29) is 22.9 Å². The maximum Gasteiger partial charge on any atom is 0.297 e. The Hall–Kier alpha value is -3.24. The first kappa shape index (κ1) is 36.2. The van der Waals surface area contributed by atoms with Crippen LogP contribution in [0.5, 0.6) is 0 Å². The minimum atomic E-state index is -3.96. The summed E-state index contributed by atoms with van der Waals surface area (Å²) in [6, 6.07) is 13.7. The van der Waals surface area contributed by atoms with Crippen LogP contribution in [0.3, 0.4) is 0 Å². The Morgan fingerprint density at radius 1 is 0.756 bits per heavy atom. The molecule has 0 radical (unpaired) electrons. The van der Waals surface area contributed by atoms with Crippen molar-refractivity contribution in [2.24, 2.45) is 0 Å². The van der Waals surface area contributed by atoms with Gasteiger partial charge in [-0.05, 0) is 18.6 Å². The SMILES string of the molecule is CCCCCCCCCCCCCCCCCCN(CC)S(=O)(=O)c1ccc(-n2oc(-c3ccccc3)cc2=O)c([N+](=O)[O-])c1. The summed E-state index contributed by atoms with van der Waals surface area (Å²) in [4.78, 5) is 23.8. The lowest BCUT2D eigenvalue weighted by molar-refractivity contribution is -0.385. The quantitative estimate of drug-likeness (QED) is 0.0579. The van der Waals surface area contributed by atoms with Crippen molar-refractivity contribution in [3.8, 4) is 17.0 Å². The summed E-state index contributed by atoms with van der Waals surface area (Å²) in [5.74, 6) is 0.252. The Labute approximate surface area is 268 Å². The van der Waals surface area contributed by atoms with E-state index in [0.29, 0.717) is 12.1 Å². The van der Waals surface area contributed by atoms with Crippen LogP contribution >= 0.6 is 0 Å². The van der Waals surface area contributed by atoms with Gasteiger partial charge in [-0.3, -0.25) is 14.9 Å². The lowest BCUT2D eigenvalue weighted by atomic mass is 10.0. The first-order valence-electron chi connectivity index (χ1n) is 16.9. The van der Waals surface area contributed by atoms with E-state index in [4.69, 9.17) is 4.52 Å². The average molecular weight is 642 g/mol. The lowest BCUT2D eigenvalue weighted by Gasteiger charge is -2.20. The van der Waals surface area contributed by atoms with Crippen molar-refractivity contribution in [3.63, 3.8) is 0 Å². The zero-order valence-corrected chi connectivity index (χ0v) is 27.9. The van der Waals surface area contributed by atoms with Crippen LogP contribution in [0, 0.1) is 10.1 Å². The molecule has 45 heavy (non-hydrogen) atoms. The Morgan fingerprint density at radius 3 is 1.80 bits per heavy atom. The molecule has 0 fully saturated rings. The van der Waals surface area contributed by atoms with E-state index in [0.717, 1.165) is 36.5 Å². The van der Waals surface area contributed by atoms with Crippen molar-refractivity contribution in [2.75, 3.05) is 13.1 Å². The minimum absolute atomic E-state index is 0.132. The van der Waals surface area contributed by atoms with Crippen molar-refractivity contribution in [2.45, 2.75) is 121 Å². The van der Waals surface area contributed by atoms with Crippen molar-refractivity contribution in [1.29, 1.82) is 0 Å². The maximum atomic E-state index is 13.4. The molecule has 3 rings (SSSR count). The van der Waals surface area contributed by atoms with Gasteiger partial charge in [0.1, 0.15) is 0 Å². The van der Waals surface area contributed by atoms with Gasteiger partial charge in [-0.2, -0.15) is 4.31 Å². The summed E-state index contributed by atoms with van der Waals surface area (Å²) in [5, 5.41) is 12.0. The van der Waals surface area contributed by atoms with Crippen LogP contribution in [0.2, 0.25) is 0 Å². The molecule has 0 N–H and O–H groups in total. The average Bonchev–Trinajstić information content (AvgIpc) is 3.43. The molecule has 0 amide bonds. The van der Waals surface area contributed by atoms with Gasteiger partial charge in [-0.1, -0.05) is 140 Å². The summed E-state index contributed by atoms with van der Waals surface area (Å²) < 4.78 is 34.7. The van der Waals surface area contributed by atoms with E-state index >= 15 is 0 Å². The monoisotopic (exact) mass is 641 g/mol. The number of hydrogen-bond acceptors (Lipinski definition) is 6. The standard InChI is InChI=1S/C35H51N3O6S/c1-3-5-6-7-8-9-10-11-12-13-14-15-16-17-18-22-27-36(4-2)45(42,43)31-25-26-32(33(28-31)38(40)41)37-35(39)29-34(44-37)30-23-20-19-21-24-30/h19-21,23-26,28-29H,3-18,22,27H2,1-2H3. The Kier molecular flexibility index (Phi) is 15.6. The summed E-state index contributed by atoms with van der Waals surface area (Å²) in [5.41, 5.74) is -0.605. The molecule has 0 unspecified atom stereocenters. The summed E-state index contributed by atoms with van der Waals surface area (Å²) in [6.45, 7) is 4.63. The molecule has 0 aliphatic heterocycles. The van der Waals surface area contributed by atoms with Crippen LogP contribution in [0.1, 0.15) is 117 Å². The number of hydrogen-bond donors (Lipinski definition) is 0. The van der Waals surface area contributed by atoms with Gasteiger partial charge >= 0.3 is 0 Å². The van der Waals surface area contributed by atoms with Crippen LogP contribution < -0.4 is 5.56 Å². The topological polar surface area (TPSA) is 116 Å². The summed E-state index contributed by atoms with van der Waals surface area (Å²) in [6.07, 6.45) is 19.9. The van der Waals surface area contributed by atoms with E-state index in [2.05, 4.69) is 6.92 Å². The molecule has 0 aliphatic rings. The van der Waals surface area contributed by atoms with Crippen molar-refractivity contribution in [1.82, 2.24) is 9.05 Å². The number of nitrogens with zero attached hydrogens (tertiary/aromatic N) is 3. The summed E-state index contributed by atoms with van der Waals surface area (Å²) in [7, 11) is -3.96. The molecule has 0 aliphatic carbocycles. The fourth-order valence-corrected chi connectivity index (χ4v) is 7.17. The number of nitro benzene ring substituents is 1. The molecule has 3 aromatic rings. The van der Waals surface area contributed by atoms with E-state index in [1.54, 1.807) is 31.2 Å². The van der Waals surface area contributed by atoms with Gasteiger partial charge in [0.05, 0.1) is 15.9 Å². The fourth-order valence-electron chi connectivity index (χ4n) is 5.66. The number of sulfonamides is 1. The van der Waals surface area contributed by atoms with Crippen molar-refractivity contribution in [3.05, 3.63) is 75.1 Å². The number of benzene rings is 2. The fraction of sp³-hybridized carbons (Fsp3) is 0.571. The van der Waals surface area contributed by atoms with Crippen LogP contribution in [0.25, 0.3) is 17.0 Å².